The van der Waals surface area contributed by atoms with Crippen molar-refractivity contribution in [1.29, 1.82) is 0 Å². The first-order chi connectivity index (χ1) is 11.6. The number of rotatable bonds is 2. The molecule has 2 aliphatic heterocycles. The highest BCUT2D eigenvalue weighted by atomic mass is 35.5. The number of hydrogen-bond donors (Lipinski definition) is 2. The van der Waals surface area contributed by atoms with E-state index in [2.05, 4.69) is 20.1 Å². The second-order valence-electron chi connectivity index (χ2n) is 6.69. The first-order valence-electron chi connectivity index (χ1n) is 8.38. The van der Waals surface area contributed by atoms with Crippen molar-refractivity contribution in [2.24, 2.45) is 5.73 Å². The molecule has 4 rings (SSSR count). The summed E-state index contributed by atoms with van der Waals surface area (Å²) in [5, 5.41) is 8.53. The molecule has 2 saturated heterocycles. The lowest BCUT2D eigenvalue weighted by molar-refractivity contribution is -0.134. The third kappa shape index (κ3) is 2.34. The highest BCUT2D eigenvalue weighted by molar-refractivity contribution is 6.34. The molecule has 1 amide bonds. The lowest BCUT2D eigenvalue weighted by atomic mass is 9.86. The predicted molar refractivity (Wildman–Crippen MR) is 93.1 cm³/mol. The first-order valence-corrected chi connectivity index (χ1v) is 8.75. The van der Waals surface area contributed by atoms with E-state index in [4.69, 9.17) is 17.3 Å². The van der Waals surface area contributed by atoms with E-state index in [1.54, 1.807) is 12.4 Å². The maximum atomic E-state index is 12.3. The van der Waals surface area contributed by atoms with Gasteiger partial charge in [0, 0.05) is 19.6 Å². The Hall–Kier alpha value is -1.86. The number of likely N-dealkylation sites (tertiary alicyclic amines) is 1. The Morgan fingerprint density at radius 2 is 2.12 bits per heavy atom. The second kappa shape index (κ2) is 5.89. The molecule has 24 heavy (non-hydrogen) atoms. The van der Waals surface area contributed by atoms with Gasteiger partial charge in [0.15, 0.2) is 5.65 Å². The van der Waals surface area contributed by atoms with Crippen molar-refractivity contribution in [3.05, 3.63) is 17.4 Å². The molecular formula is C16H21ClN6O. The monoisotopic (exact) mass is 348 g/mol. The van der Waals surface area contributed by atoms with Crippen LogP contribution in [0.4, 0.5) is 5.69 Å². The number of nitrogens with two attached hydrogens (primary N) is 1. The Balaban J connectivity index is 1.71. The topological polar surface area (TPSA) is 91.1 Å². The van der Waals surface area contributed by atoms with Crippen molar-refractivity contribution in [3.8, 4) is 0 Å². The number of aromatic nitrogens is 3. The fourth-order valence-corrected chi connectivity index (χ4v) is 4.62. The number of nitrogens with one attached hydrogen (secondary N) is 1. The van der Waals surface area contributed by atoms with Crippen LogP contribution >= 0.6 is 11.6 Å². The van der Waals surface area contributed by atoms with Crippen LogP contribution in [-0.4, -0.2) is 57.7 Å². The molecule has 1 atom stereocenters. The number of hydrogen-bond acceptors (Lipinski definition) is 5. The van der Waals surface area contributed by atoms with Crippen LogP contribution in [0.15, 0.2) is 12.4 Å². The zero-order valence-corrected chi connectivity index (χ0v) is 14.2. The van der Waals surface area contributed by atoms with Gasteiger partial charge < -0.3 is 15.5 Å². The lowest BCUT2D eigenvalue weighted by Crippen LogP contribution is -2.58. The number of H-pyrrole nitrogens is 1. The third-order valence-electron chi connectivity index (χ3n) is 5.35. The van der Waals surface area contributed by atoms with Crippen molar-refractivity contribution >= 4 is 34.2 Å². The summed E-state index contributed by atoms with van der Waals surface area (Å²) in [5.41, 5.74) is 7.19. The largest absolute Gasteiger partial charge is 0.367 e. The molecular weight excluding hydrogens is 328 g/mol. The average molecular weight is 349 g/mol. The molecule has 1 unspecified atom stereocenters. The summed E-state index contributed by atoms with van der Waals surface area (Å²) < 4.78 is 0. The Labute approximate surface area is 145 Å². The number of amides is 1. The molecule has 0 bridgehead atoms. The van der Waals surface area contributed by atoms with Gasteiger partial charge >= 0.3 is 0 Å². The van der Waals surface area contributed by atoms with Crippen LogP contribution in [0.5, 0.6) is 0 Å². The van der Waals surface area contributed by atoms with E-state index in [-0.39, 0.29) is 18.0 Å². The van der Waals surface area contributed by atoms with Gasteiger partial charge in [-0.2, -0.15) is 5.10 Å². The Morgan fingerprint density at radius 1 is 1.33 bits per heavy atom. The van der Waals surface area contributed by atoms with E-state index in [0.717, 1.165) is 62.0 Å². The van der Waals surface area contributed by atoms with Crippen LogP contribution in [-0.2, 0) is 4.79 Å². The second-order valence-corrected chi connectivity index (χ2v) is 7.10. The molecule has 0 saturated carbocycles. The fraction of sp³-hybridized carbons (Fsp3) is 0.562. The van der Waals surface area contributed by atoms with Crippen LogP contribution in [0.25, 0.3) is 11.0 Å². The molecule has 0 radical (unpaired) electrons. The summed E-state index contributed by atoms with van der Waals surface area (Å²) in [5.74, 6) is 0.0450. The minimum Gasteiger partial charge on any atom is -0.367 e. The number of halogens is 1. The minimum absolute atomic E-state index is 0.0450. The summed E-state index contributed by atoms with van der Waals surface area (Å²) in [6.45, 7) is 2.57. The van der Waals surface area contributed by atoms with E-state index < -0.39 is 0 Å². The predicted octanol–water partition coefficient (Wildman–Crippen LogP) is 1.53. The maximum absolute atomic E-state index is 12.3. The number of piperidine rings is 1. The van der Waals surface area contributed by atoms with E-state index in [1.165, 1.54) is 0 Å². The average Bonchev–Trinajstić information content (AvgIpc) is 3.21. The Morgan fingerprint density at radius 3 is 2.92 bits per heavy atom. The van der Waals surface area contributed by atoms with Gasteiger partial charge in [-0.1, -0.05) is 11.6 Å². The Bertz CT molecular complexity index is 777. The van der Waals surface area contributed by atoms with Crippen molar-refractivity contribution in [1.82, 2.24) is 20.1 Å². The molecule has 2 aliphatic rings. The number of aromatic amines is 1. The van der Waals surface area contributed by atoms with Crippen molar-refractivity contribution in [3.63, 3.8) is 0 Å². The molecule has 128 valence electrons. The lowest BCUT2D eigenvalue weighted by Gasteiger charge is -2.47. The van der Waals surface area contributed by atoms with Gasteiger partial charge in [-0.3, -0.25) is 9.89 Å². The van der Waals surface area contributed by atoms with Gasteiger partial charge in [-0.25, -0.2) is 4.98 Å². The zero-order valence-electron chi connectivity index (χ0n) is 13.5. The van der Waals surface area contributed by atoms with Crippen molar-refractivity contribution in [2.45, 2.75) is 31.2 Å². The summed E-state index contributed by atoms with van der Waals surface area (Å²) >= 11 is 6.47. The molecule has 2 fully saturated rings. The van der Waals surface area contributed by atoms with Crippen molar-refractivity contribution in [2.75, 3.05) is 31.1 Å². The third-order valence-corrected chi connectivity index (χ3v) is 5.63. The maximum Gasteiger partial charge on any atom is 0.236 e. The van der Waals surface area contributed by atoms with Crippen LogP contribution in [0.2, 0.25) is 5.02 Å². The van der Waals surface area contributed by atoms with E-state index in [1.807, 2.05) is 4.90 Å². The smallest absolute Gasteiger partial charge is 0.236 e. The minimum atomic E-state index is -0.128. The summed E-state index contributed by atoms with van der Waals surface area (Å²) in [7, 11) is 0. The van der Waals surface area contributed by atoms with Gasteiger partial charge in [0.05, 0.1) is 40.6 Å². The van der Waals surface area contributed by atoms with Crippen molar-refractivity contribution < 1.29 is 4.79 Å². The van der Waals surface area contributed by atoms with E-state index >= 15 is 0 Å². The highest BCUT2D eigenvalue weighted by Gasteiger charge is 2.46. The number of carbonyl (C=O) groups excluding carboxylic acids is 1. The molecule has 1 spiro atoms. The molecule has 0 aromatic carbocycles. The summed E-state index contributed by atoms with van der Waals surface area (Å²) in [6.07, 6.45) is 7.52. The molecule has 8 heteroatoms. The number of pyridine rings is 1. The van der Waals surface area contributed by atoms with Crippen LogP contribution in [0.3, 0.4) is 0 Å². The van der Waals surface area contributed by atoms with Gasteiger partial charge in [-0.05, 0) is 25.7 Å². The number of nitrogens with zero attached hydrogens (tertiary/aromatic N) is 4. The Kier molecular flexibility index (Phi) is 3.85. The summed E-state index contributed by atoms with van der Waals surface area (Å²) in [4.78, 5) is 20.9. The normalized spacial score (nSPS) is 24.2. The van der Waals surface area contributed by atoms with E-state index in [9.17, 15) is 4.79 Å². The molecule has 7 nitrogen and oxygen atoms in total. The van der Waals surface area contributed by atoms with Gasteiger partial charge in [-0.15, -0.1) is 0 Å². The SMILES string of the molecule is NCC(=O)N1CCCC12CCCN(c1c(Cl)cnc3[nH]ncc13)C2. The molecule has 3 N–H and O–H groups in total. The van der Waals surface area contributed by atoms with Crippen LogP contribution in [0, 0.1) is 0 Å². The van der Waals surface area contributed by atoms with Crippen LogP contribution < -0.4 is 10.6 Å². The standard InChI is InChI=1S/C16H21ClN6O/c17-12-9-19-15-11(8-20-21-15)14(12)22-5-1-3-16(10-22)4-2-6-23(16)13(24)7-18/h8-9H,1-7,10,18H2,(H,19,20,21). The zero-order chi connectivity index (χ0) is 16.7. The highest BCUT2D eigenvalue weighted by Crippen LogP contribution is 2.41. The first kappa shape index (κ1) is 15.7. The molecule has 0 aliphatic carbocycles. The van der Waals surface area contributed by atoms with Gasteiger partial charge in [0.1, 0.15) is 0 Å². The van der Waals surface area contributed by atoms with Gasteiger partial charge in [0.25, 0.3) is 0 Å². The molecule has 2 aromatic heterocycles. The quantitative estimate of drug-likeness (QED) is 0.858. The summed E-state index contributed by atoms with van der Waals surface area (Å²) in [6, 6.07) is 0. The van der Waals surface area contributed by atoms with Crippen LogP contribution in [0.1, 0.15) is 25.7 Å². The van der Waals surface area contributed by atoms with E-state index in [0.29, 0.717) is 5.02 Å². The number of fused-ring (bicyclic) bond motifs is 1. The molecule has 2 aromatic rings. The fourth-order valence-electron chi connectivity index (χ4n) is 4.35. The van der Waals surface area contributed by atoms with Gasteiger partial charge in [0.2, 0.25) is 5.91 Å². The number of carbonyl (C=O) groups is 1. The molecule has 4 heterocycles. The number of anilines is 1.